The Morgan fingerprint density at radius 3 is 2.67 bits per heavy atom. The summed E-state index contributed by atoms with van der Waals surface area (Å²) < 4.78 is 0. The first-order valence-corrected chi connectivity index (χ1v) is 5.59. The van der Waals surface area contributed by atoms with Gasteiger partial charge in [0, 0.05) is 13.0 Å². The maximum Gasteiger partial charge on any atom is 0.220 e. The molecular formula is C12H24N2O. The Morgan fingerprint density at radius 1 is 1.47 bits per heavy atom. The van der Waals surface area contributed by atoms with Crippen LogP contribution < -0.4 is 11.1 Å². The van der Waals surface area contributed by atoms with Crippen LogP contribution in [0.4, 0.5) is 0 Å². The van der Waals surface area contributed by atoms with Gasteiger partial charge in [-0.1, -0.05) is 19.9 Å². The minimum atomic E-state index is 0.127. The SMILES string of the molecule is C=CCCNC(=O)CCC(C)(C)CCN. The van der Waals surface area contributed by atoms with E-state index < -0.39 is 0 Å². The van der Waals surface area contributed by atoms with Crippen LogP contribution in [0.15, 0.2) is 12.7 Å². The summed E-state index contributed by atoms with van der Waals surface area (Å²) in [5, 5.41) is 2.86. The van der Waals surface area contributed by atoms with Gasteiger partial charge >= 0.3 is 0 Å². The first kappa shape index (κ1) is 14.2. The maximum absolute atomic E-state index is 11.4. The normalized spacial score (nSPS) is 11.1. The third-order valence-electron chi connectivity index (χ3n) is 2.52. The van der Waals surface area contributed by atoms with Crippen molar-refractivity contribution in [2.45, 2.75) is 39.5 Å². The Balaban J connectivity index is 3.65. The molecule has 0 rings (SSSR count). The highest BCUT2D eigenvalue weighted by Gasteiger charge is 2.17. The van der Waals surface area contributed by atoms with Crippen LogP contribution in [0.2, 0.25) is 0 Å². The van der Waals surface area contributed by atoms with Crippen LogP contribution >= 0.6 is 0 Å². The van der Waals surface area contributed by atoms with Crippen LogP contribution in [-0.4, -0.2) is 19.0 Å². The van der Waals surface area contributed by atoms with E-state index in [-0.39, 0.29) is 11.3 Å². The van der Waals surface area contributed by atoms with E-state index in [0.29, 0.717) is 19.5 Å². The van der Waals surface area contributed by atoms with E-state index in [1.165, 1.54) is 0 Å². The van der Waals surface area contributed by atoms with Gasteiger partial charge in [-0.2, -0.15) is 0 Å². The summed E-state index contributed by atoms with van der Waals surface area (Å²) in [6.07, 6.45) is 5.08. The third kappa shape index (κ3) is 8.18. The molecule has 0 unspecified atom stereocenters. The Labute approximate surface area is 93.1 Å². The maximum atomic E-state index is 11.4. The average Bonchev–Trinajstić information content (AvgIpc) is 2.15. The number of nitrogens with one attached hydrogen (secondary N) is 1. The third-order valence-corrected chi connectivity index (χ3v) is 2.52. The van der Waals surface area contributed by atoms with Crippen LogP contribution in [0.25, 0.3) is 0 Å². The number of hydrogen-bond donors (Lipinski definition) is 2. The van der Waals surface area contributed by atoms with Gasteiger partial charge in [0.15, 0.2) is 0 Å². The molecule has 88 valence electrons. The van der Waals surface area contributed by atoms with E-state index in [1.807, 2.05) is 0 Å². The zero-order chi connectivity index (χ0) is 11.7. The molecule has 0 aromatic carbocycles. The fourth-order valence-electron chi connectivity index (χ4n) is 1.37. The highest BCUT2D eigenvalue weighted by molar-refractivity contribution is 5.75. The minimum Gasteiger partial charge on any atom is -0.356 e. The number of amides is 1. The van der Waals surface area contributed by atoms with Crippen molar-refractivity contribution < 1.29 is 4.79 Å². The van der Waals surface area contributed by atoms with Crippen molar-refractivity contribution in [3.63, 3.8) is 0 Å². The first-order valence-electron chi connectivity index (χ1n) is 5.59. The van der Waals surface area contributed by atoms with Crippen molar-refractivity contribution in [1.29, 1.82) is 0 Å². The summed E-state index contributed by atoms with van der Waals surface area (Å²) in [5.41, 5.74) is 5.68. The molecule has 0 bridgehead atoms. The zero-order valence-electron chi connectivity index (χ0n) is 10.0. The van der Waals surface area contributed by atoms with E-state index in [2.05, 4.69) is 25.7 Å². The highest BCUT2D eigenvalue weighted by Crippen LogP contribution is 2.25. The molecular weight excluding hydrogens is 188 g/mol. The highest BCUT2D eigenvalue weighted by atomic mass is 16.1. The van der Waals surface area contributed by atoms with Gasteiger partial charge in [-0.15, -0.1) is 6.58 Å². The Kier molecular flexibility index (Phi) is 7.05. The van der Waals surface area contributed by atoms with E-state index in [9.17, 15) is 4.79 Å². The van der Waals surface area contributed by atoms with E-state index in [0.717, 1.165) is 19.3 Å². The van der Waals surface area contributed by atoms with Gasteiger partial charge in [-0.3, -0.25) is 4.79 Å². The van der Waals surface area contributed by atoms with Crippen LogP contribution in [0.3, 0.4) is 0 Å². The largest absolute Gasteiger partial charge is 0.356 e. The van der Waals surface area contributed by atoms with Crippen LogP contribution in [-0.2, 0) is 4.79 Å². The average molecular weight is 212 g/mol. The van der Waals surface area contributed by atoms with Crippen LogP contribution in [0.5, 0.6) is 0 Å². The summed E-state index contributed by atoms with van der Waals surface area (Å²) in [7, 11) is 0. The standard InChI is InChI=1S/C12H24N2O/c1-4-5-10-14-11(15)6-7-12(2,3)8-9-13/h4H,1,5-10,13H2,2-3H3,(H,14,15). The second kappa shape index (κ2) is 7.46. The van der Waals surface area contributed by atoms with Crippen molar-refractivity contribution in [3.05, 3.63) is 12.7 Å². The molecule has 3 heteroatoms. The second-order valence-electron chi connectivity index (χ2n) is 4.63. The molecule has 0 saturated carbocycles. The first-order chi connectivity index (χ1) is 7.02. The van der Waals surface area contributed by atoms with Gasteiger partial charge < -0.3 is 11.1 Å². The summed E-state index contributed by atoms with van der Waals surface area (Å²) in [4.78, 5) is 11.4. The van der Waals surface area contributed by atoms with Crippen molar-refractivity contribution >= 4 is 5.91 Å². The van der Waals surface area contributed by atoms with Gasteiger partial charge in [0.2, 0.25) is 5.91 Å². The van der Waals surface area contributed by atoms with Crippen molar-refractivity contribution in [2.24, 2.45) is 11.1 Å². The van der Waals surface area contributed by atoms with E-state index >= 15 is 0 Å². The molecule has 0 aromatic rings. The lowest BCUT2D eigenvalue weighted by Gasteiger charge is -2.23. The van der Waals surface area contributed by atoms with Crippen molar-refractivity contribution in [3.8, 4) is 0 Å². The quantitative estimate of drug-likeness (QED) is 0.476. The van der Waals surface area contributed by atoms with Crippen molar-refractivity contribution in [1.82, 2.24) is 5.32 Å². The molecule has 0 aliphatic carbocycles. The van der Waals surface area contributed by atoms with Crippen LogP contribution in [0.1, 0.15) is 39.5 Å². The number of nitrogens with two attached hydrogens (primary N) is 1. The van der Waals surface area contributed by atoms with E-state index in [1.54, 1.807) is 6.08 Å². The topological polar surface area (TPSA) is 55.1 Å². The number of rotatable bonds is 8. The lowest BCUT2D eigenvalue weighted by Crippen LogP contribution is -2.26. The lowest BCUT2D eigenvalue weighted by molar-refractivity contribution is -0.121. The van der Waals surface area contributed by atoms with Gasteiger partial charge in [0.1, 0.15) is 0 Å². The summed E-state index contributed by atoms with van der Waals surface area (Å²) in [5.74, 6) is 0.127. The molecule has 0 saturated heterocycles. The molecule has 0 atom stereocenters. The van der Waals surface area contributed by atoms with Crippen LogP contribution in [0, 0.1) is 5.41 Å². The van der Waals surface area contributed by atoms with Gasteiger partial charge in [-0.05, 0) is 31.2 Å². The monoisotopic (exact) mass is 212 g/mol. The molecule has 0 aliphatic rings. The molecule has 3 nitrogen and oxygen atoms in total. The molecule has 0 radical (unpaired) electrons. The van der Waals surface area contributed by atoms with Gasteiger partial charge in [-0.25, -0.2) is 0 Å². The molecule has 0 aromatic heterocycles. The molecule has 1 amide bonds. The number of carbonyl (C=O) groups is 1. The Hall–Kier alpha value is -0.830. The number of carbonyl (C=O) groups excluding carboxylic acids is 1. The number of hydrogen-bond acceptors (Lipinski definition) is 2. The Morgan fingerprint density at radius 2 is 2.13 bits per heavy atom. The molecule has 0 spiro atoms. The second-order valence-corrected chi connectivity index (χ2v) is 4.63. The summed E-state index contributed by atoms with van der Waals surface area (Å²) in [6.45, 7) is 9.28. The van der Waals surface area contributed by atoms with E-state index in [4.69, 9.17) is 5.73 Å². The molecule has 3 N–H and O–H groups in total. The lowest BCUT2D eigenvalue weighted by atomic mass is 9.84. The summed E-state index contributed by atoms with van der Waals surface area (Å²) >= 11 is 0. The van der Waals surface area contributed by atoms with Gasteiger partial charge in [0.05, 0.1) is 0 Å². The molecule has 0 fully saturated rings. The van der Waals surface area contributed by atoms with Crippen molar-refractivity contribution in [2.75, 3.05) is 13.1 Å². The predicted molar refractivity (Wildman–Crippen MR) is 64.5 cm³/mol. The smallest absolute Gasteiger partial charge is 0.220 e. The predicted octanol–water partition coefficient (Wildman–Crippen LogP) is 1.83. The van der Waals surface area contributed by atoms with Gasteiger partial charge in [0.25, 0.3) is 0 Å². The zero-order valence-corrected chi connectivity index (χ0v) is 10.0. The fourth-order valence-corrected chi connectivity index (χ4v) is 1.37. The Bertz CT molecular complexity index is 200. The molecule has 15 heavy (non-hydrogen) atoms. The fraction of sp³-hybridized carbons (Fsp3) is 0.750. The summed E-state index contributed by atoms with van der Waals surface area (Å²) in [6, 6.07) is 0. The molecule has 0 heterocycles. The minimum absolute atomic E-state index is 0.127. The molecule has 0 aliphatic heterocycles.